The van der Waals surface area contributed by atoms with Crippen LogP contribution in [0, 0.1) is 5.92 Å². The van der Waals surface area contributed by atoms with Gasteiger partial charge in [-0.15, -0.1) is 0 Å². The van der Waals surface area contributed by atoms with Gasteiger partial charge in [-0.25, -0.2) is 0 Å². The van der Waals surface area contributed by atoms with Crippen LogP contribution < -0.4 is 0 Å². The molecule has 3 atom stereocenters. The fourth-order valence-corrected chi connectivity index (χ4v) is 8.70. The SMILES string of the molecule is CCCCCCCCC(CCCCCC)C(=O)OCCCCCC(CCCCCSCC(CCCCCC)OC(=O)CCCCCCC)N(C)CCCCO. The summed E-state index contributed by atoms with van der Waals surface area (Å²) in [6.45, 7) is 10.8. The Hall–Kier alpha value is -0.790. The van der Waals surface area contributed by atoms with E-state index in [0.29, 0.717) is 19.1 Å². The number of aliphatic hydroxyl groups is 1. The topological polar surface area (TPSA) is 76.1 Å². The highest BCUT2D eigenvalue weighted by atomic mass is 32.2. The van der Waals surface area contributed by atoms with Crippen LogP contribution in [-0.2, 0) is 19.1 Å². The van der Waals surface area contributed by atoms with E-state index in [9.17, 15) is 14.7 Å². The van der Waals surface area contributed by atoms with Crippen molar-refractivity contribution in [1.29, 1.82) is 0 Å². The lowest BCUT2D eigenvalue weighted by Gasteiger charge is -2.28. The first kappa shape index (κ1) is 54.2. The minimum Gasteiger partial charge on any atom is -0.465 e. The molecule has 55 heavy (non-hydrogen) atoms. The van der Waals surface area contributed by atoms with Gasteiger partial charge < -0.3 is 19.5 Å². The van der Waals surface area contributed by atoms with E-state index in [1.165, 1.54) is 122 Å². The zero-order valence-electron chi connectivity index (χ0n) is 37.5. The number of ether oxygens (including phenoxy) is 2. The van der Waals surface area contributed by atoms with E-state index in [-0.39, 0.29) is 30.6 Å². The minimum atomic E-state index is 0.00774. The van der Waals surface area contributed by atoms with Crippen LogP contribution in [0.5, 0.6) is 0 Å². The Labute approximate surface area is 347 Å². The molecule has 0 saturated carbocycles. The second-order valence-corrected chi connectivity index (χ2v) is 17.9. The summed E-state index contributed by atoms with van der Waals surface area (Å²) in [7, 11) is 2.26. The van der Waals surface area contributed by atoms with Crippen molar-refractivity contribution in [1.82, 2.24) is 4.90 Å². The van der Waals surface area contributed by atoms with Crippen molar-refractivity contribution in [3.05, 3.63) is 0 Å². The Morgan fingerprint density at radius 3 is 1.65 bits per heavy atom. The number of hydrogen-bond donors (Lipinski definition) is 1. The summed E-state index contributed by atoms with van der Waals surface area (Å²) in [5.74, 6) is 2.21. The predicted molar refractivity (Wildman–Crippen MR) is 240 cm³/mol. The minimum absolute atomic E-state index is 0.00774. The van der Waals surface area contributed by atoms with E-state index >= 15 is 0 Å². The van der Waals surface area contributed by atoms with Gasteiger partial charge in [0.2, 0.25) is 0 Å². The molecule has 0 aliphatic rings. The first-order chi connectivity index (χ1) is 26.9. The fraction of sp³-hybridized carbons (Fsp3) is 0.958. The third-order valence-electron chi connectivity index (χ3n) is 11.4. The van der Waals surface area contributed by atoms with Crippen LogP contribution in [-0.4, -0.2) is 72.4 Å². The van der Waals surface area contributed by atoms with Crippen LogP contribution in [0.15, 0.2) is 0 Å². The van der Waals surface area contributed by atoms with Crippen molar-refractivity contribution >= 4 is 23.7 Å². The molecule has 0 spiro atoms. The Balaban J connectivity index is 4.62. The molecule has 0 aliphatic heterocycles. The number of carbonyl (C=O) groups is 2. The molecule has 0 rings (SSSR count). The lowest BCUT2D eigenvalue weighted by Crippen LogP contribution is -2.32. The molecule has 7 heteroatoms. The molecule has 0 amide bonds. The largest absolute Gasteiger partial charge is 0.465 e. The van der Waals surface area contributed by atoms with E-state index in [2.05, 4.69) is 39.6 Å². The van der Waals surface area contributed by atoms with Crippen molar-refractivity contribution in [3.8, 4) is 0 Å². The van der Waals surface area contributed by atoms with E-state index in [0.717, 1.165) is 102 Å². The van der Waals surface area contributed by atoms with E-state index in [4.69, 9.17) is 9.47 Å². The smallest absolute Gasteiger partial charge is 0.308 e. The number of esters is 2. The Morgan fingerprint density at radius 1 is 0.564 bits per heavy atom. The third kappa shape index (κ3) is 36.1. The van der Waals surface area contributed by atoms with Crippen molar-refractivity contribution < 1.29 is 24.2 Å². The van der Waals surface area contributed by atoms with Crippen molar-refractivity contribution in [3.63, 3.8) is 0 Å². The Bertz CT molecular complexity index is 813. The second-order valence-electron chi connectivity index (χ2n) is 16.7. The van der Waals surface area contributed by atoms with Gasteiger partial charge >= 0.3 is 11.9 Å². The van der Waals surface area contributed by atoms with Crippen LogP contribution in [0.4, 0.5) is 0 Å². The molecule has 0 heterocycles. The second kappa shape index (κ2) is 42.8. The molecular formula is C48H95NO5S. The number of aliphatic hydroxyl groups excluding tert-OH is 1. The molecular weight excluding hydrogens is 703 g/mol. The van der Waals surface area contributed by atoms with Crippen LogP contribution in [0.2, 0.25) is 0 Å². The summed E-state index contributed by atoms with van der Waals surface area (Å²) < 4.78 is 11.9. The first-order valence-corrected chi connectivity index (χ1v) is 25.3. The summed E-state index contributed by atoms with van der Waals surface area (Å²) >= 11 is 1.97. The van der Waals surface area contributed by atoms with Crippen LogP contribution in [0.25, 0.3) is 0 Å². The van der Waals surface area contributed by atoms with Gasteiger partial charge in [0.25, 0.3) is 0 Å². The molecule has 0 aromatic rings. The Kier molecular flexibility index (Phi) is 42.2. The molecule has 0 radical (unpaired) electrons. The molecule has 3 unspecified atom stereocenters. The van der Waals surface area contributed by atoms with Gasteiger partial charge in [0.05, 0.1) is 12.5 Å². The number of nitrogens with zero attached hydrogens (tertiary/aromatic N) is 1. The summed E-state index contributed by atoms with van der Waals surface area (Å²) in [6.07, 6.45) is 38.0. The van der Waals surface area contributed by atoms with E-state index < -0.39 is 0 Å². The maximum Gasteiger partial charge on any atom is 0.308 e. The zero-order chi connectivity index (χ0) is 40.5. The van der Waals surface area contributed by atoms with Gasteiger partial charge in [-0.2, -0.15) is 11.8 Å². The van der Waals surface area contributed by atoms with Gasteiger partial charge in [-0.1, -0.05) is 163 Å². The van der Waals surface area contributed by atoms with Gasteiger partial charge in [0.15, 0.2) is 0 Å². The Morgan fingerprint density at radius 2 is 1.05 bits per heavy atom. The predicted octanol–water partition coefficient (Wildman–Crippen LogP) is 14.0. The molecule has 0 fully saturated rings. The van der Waals surface area contributed by atoms with Crippen molar-refractivity contribution in [2.75, 3.05) is 38.3 Å². The molecule has 328 valence electrons. The van der Waals surface area contributed by atoms with Gasteiger partial charge in [-0.05, 0) is 90.0 Å². The maximum absolute atomic E-state index is 13.1. The first-order valence-electron chi connectivity index (χ1n) is 24.2. The molecule has 1 N–H and O–H groups in total. The molecule has 0 aromatic heterocycles. The molecule has 6 nitrogen and oxygen atoms in total. The van der Waals surface area contributed by atoms with Gasteiger partial charge in [0, 0.05) is 24.8 Å². The number of thioether (sulfide) groups is 1. The molecule has 0 bridgehead atoms. The summed E-state index contributed by atoms with van der Waals surface area (Å²) in [6, 6.07) is 0.563. The highest BCUT2D eigenvalue weighted by Gasteiger charge is 2.20. The zero-order valence-corrected chi connectivity index (χ0v) is 38.4. The summed E-state index contributed by atoms with van der Waals surface area (Å²) in [5, 5.41) is 9.33. The summed E-state index contributed by atoms with van der Waals surface area (Å²) in [5.41, 5.74) is 0. The van der Waals surface area contributed by atoms with Crippen LogP contribution >= 0.6 is 11.8 Å². The van der Waals surface area contributed by atoms with Crippen LogP contribution in [0.3, 0.4) is 0 Å². The van der Waals surface area contributed by atoms with Crippen molar-refractivity contribution in [2.45, 2.75) is 252 Å². The highest BCUT2D eigenvalue weighted by Crippen LogP contribution is 2.22. The van der Waals surface area contributed by atoms with E-state index in [1.807, 2.05) is 11.8 Å². The van der Waals surface area contributed by atoms with Crippen LogP contribution in [0.1, 0.15) is 240 Å². The number of hydrogen-bond acceptors (Lipinski definition) is 7. The maximum atomic E-state index is 13.1. The highest BCUT2D eigenvalue weighted by molar-refractivity contribution is 7.99. The fourth-order valence-electron chi connectivity index (χ4n) is 7.63. The molecule has 0 aromatic carbocycles. The number of rotatable bonds is 44. The average Bonchev–Trinajstić information content (AvgIpc) is 3.18. The summed E-state index contributed by atoms with van der Waals surface area (Å²) in [4.78, 5) is 28.2. The number of unbranched alkanes of at least 4 members (excludes halogenated alkanes) is 20. The molecule has 0 saturated heterocycles. The monoisotopic (exact) mass is 798 g/mol. The van der Waals surface area contributed by atoms with Gasteiger partial charge in [0.1, 0.15) is 6.10 Å². The quantitative estimate of drug-likeness (QED) is 0.0486. The van der Waals surface area contributed by atoms with Crippen molar-refractivity contribution in [2.24, 2.45) is 5.92 Å². The standard InChI is InChI=1S/C48H95NO5S/c1-6-10-14-18-20-24-34-44(33-23-16-12-8-3)48(52)53-41-31-21-25-35-45(49(5)39-29-30-40-50)36-26-22-32-42-55-43-46(37-27-17-13-9-4)54-47(51)38-28-19-15-11-7-2/h44-46,50H,6-43H2,1-5H3. The lowest BCUT2D eigenvalue weighted by atomic mass is 9.94. The average molecular weight is 798 g/mol. The van der Waals surface area contributed by atoms with E-state index in [1.54, 1.807) is 0 Å². The molecule has 0 aliphatic carbocycles. The lowest BCUT2D eigenvalue weighted by molar-refractivity contribution is -0.149. The van der Waals surface area contributed by atoms with Gasteiger partial charge in [-0.3, -0.25) is 9.59 Å². The number of carbonyl (C=O) groups excluding carboxylic acids is 2. The third-order valence-corrected chi connectivity index (χ3v) is 12.6. The normalized spacial score (nSPS) is 13.3.